The maximum atomic E-state index is 6.06. The SMILES string of the molecule is CC(C)Oc1ccc(N(C)c2ccc(Br)cc2N)cc1. The predicted molar refractivity (Wildman–Crippen MR) is 88.8 cm³/mol. The minimum atomic E-state index is 0.181. The first-order valence-electron chi connectivity index (χ1n) is 6.53. The van der Waals surface area contributed by atoms with E-state index >= 15 is 0 Å². The van der Waals surface area contributed by atoms with Crippen molar-refractivity contribution in [2.45, 2.75) is 20.0 Å². The number of nitrogens with two attached hydrogens (primary N) is 1. The second-order valence-electron chi connectivity index (χ2n) is 4.92. The zero-order valence-electron chi connectivity index (χ0n) is 11.9. The summed E-state index contributed by atoms with van der Waals surface area (Å²) in [5, 5.41) is 0. The fourth-order valence-electron chi connectivity index (χ4n) is 1.99. The van der Waals surface area contributed by atoms with E-state index in [1.54, 1.807) is 0 Å². The number of nitrogen functional groups attached to an aromatic ring is 1. The maximum absolute atomic E-state index is 6.06. The van der Waals surface area contributed by atoms with Crippen LogP contribution in [0.2, 0.25) is 0 Å². The molecule has 0 heterocycles. The van der Waals surface area contributed by atoms with Crippen LogP contribution in [0.15, 0.2) is 46.9 Å². The lowest BCUT2D eigenvalue weighted by Gasteiger charge is -2.22. The first kappa shape index (κ1) is 14.7. The summed E-state index contributed by atoms with van der Waals surface area (Å²) in [6.07, 6.45) is 0.181. The molecule has 0 saturated heterocycles. The molecule has 2 aromatic carbocycles. The highest BCUT2D eigenvalue weighted by Gasteiger charge is 2.08. The van der Waals surface area contributed by atoms with E-state index in [2.05, 4.69) is 20.8 Å². The highest BCUT2D eigenvalue weighted by atomic mass is 79.9. The average Bonchev–Trinajstić information content (AvgIpc) is 2.38. The molecule has 0 atom stereocenters. The Kier molecular flexibility index (Phi) is 4.55. The van der Waals surface area contributed by atoms with Crippen molar-refractivity contribution >= 4 is 33.0 Å². The van der Waals surface area contributed by atoms with Gasteiger partial charge in [-0.05, 0) is 56.3 Å². The van der Waals surface area contributed by atoms with Gasteiger partial charge in [-0.3, -0.25) is 0 Å². The molecule has 4 heteroatoms. The number of hydrogen-bond acceptors (Lipinski definition) is 3. The molecular formula is C16H19BrN2O. The highest BCUT2D eigenvalue weighted by molar-refractivity contribution is 9.10. The van der Waals surface area contributed by atoms with Gasteiger partial charge in [0.15, 0.2) is 0 Å². The molecule has 0 saturated carbocycles. The summed E-state index contributed by atoms with van der Waals surface area (Å²) in [5.41, 5.74) is 8.84. The van der Waals surface area contributed by atoms with Gasteiger partial charge in [0, 0.05) is 17.2 Å². The van der Waals surface area contributed by atoms with E-state index in [1.807, 2.05) is 63.4 Å². The Morgan fingerprint density at radius 2 is 1.75 bits per heavy atom. The van der Waals surface area contributed by atoms with E-state index in [-0.39, 0.29) is 6.10 Å². The normalized spacial score (nSPS) is 10.7. The van der Waals surface area contributed by atoms with Crippen molar-refractivity contribution in [1.82, 2.24) is 0 Å². The van der Waals surface area contributed by atoms with Gasteiger partial charge >= 0.3 is 0 Å². The molecule has 2 aromatic rings. The smallest absolute Gasteiger partial charge is 0.119 e. The third-order valence-corrected chi connectivity index (χ3v) is 3.44. The Labute approximate surface area is 128 Å². The van der Waals surface area contributed by atoms with Gasteiger partial charge in [0.2, 0.25) is 0 Å². The van der Waals surface area contributed by atoms with Crippen LogP contribution in [0.5, 0.6) is 5.75 Å². The number of hydrogen-bond donors (Lipinski definition) is 1. The summed E-state index contributed by atoms with van der Waals surface area (Å²) in [7, 11) is 2.00. The number of rotatable bonds is 4. The first-order chi connectivity index (χ1) is 9.47. The lowest BCUT2D eigenvalue weighted by Crippen LogP contribution is -2.11. The van der Waals surface area contributed by atoms with Crippen LogP contribution < -0.4 is 15.4 Å². The van der Waals surface area contributed by atoms with E-state index < -0.39 is 0 Å². The average molecular weight is 335 g/mol. The molecular weight excluding hydrogens is 316 g/mol. The molecule has 20 heavy (non-hydrogen) atoms. The lowest BCUT2D eigenvalue weighted by atomic mass is 10.2. The summed E-state index contributed by atoms with van der Waals surface area (Å²) in [4.78, 5) is 2.06. The topological polar surface area (TPSA) is 38.5 Å². The summed E-state index contributed by atoms with van der Waals surface area (Å²) >= 11 is 3.42. The third kappa shape index (κ3) is 3.45. The molecule has 0 bridgehead atoms. The summed E-state index contributed by atoms with van der Waals surface area (Å²) in [6, 6.07) is 13.9. The molecule has 2 N–H and O–H groups in total. The van der Waals surface area contributed by atoms with Crippen LogP contribution in [0.3, 0.4) is 0 Å². The molecule has 0 aliphatic rings. The van der Waals surface area contributed by atoms with E-state index in [4.69, 9.17) is 10.5 Å². The number of anilines is 3. The molecule has 0 fully saturated rings. The number of halogens is 1. The molecule has 0 spiro atoms. The molecule has 0 aromatic heterocycles. The zero-order valence-corrected chi connectivity index (χ0v) is 13.5. The van der Waals surface area contributed by atoms with Crippen molar-refractivity contribution in [3.63, 3.8) is 0 Å². The van der Waals surface area contributed by atoms with Crippen LogP contribution in [-0.2, 0) is 0 Å². The fourth-order valence-corrected chi connectivity index (χ4v) is 2.37. The molecule has 0 unspecified atom stereocenters. The molecule has 0 radical (unpaired) electrons. The van der Waals surface area contributed by atoms with Gasteiger partial charge in [-0.2, -0.15) is 0 Å². The Bertz CT molecular complexity index is 582. The molecule has 0 aliphatic carbocycles. The Hall–Kier alpha value is -1.68. The summed E-state index contributed by atoms with van der Waals surface area (Å²) < 4.78 is 6.62. The van der Waals surface area contributed by atoms with Crippen molar-refractivity contribution in [3.05, 3.63) is 46.9 Å². The van der Waals surface area contributed by atoms with Crippen LogP contribution in [0.1, 0.15) is 13.8 Å². The zero-order chi connectivity index (χ0) is 14.7. The van der Waals surface area contributed by atoms with E-state index in [9.17, 15) is 0 Å². The monoisotopic (exact) mass is 334 g/mol. The minimum Gasteiger partial charge on any atom is -0.491 e. The Balaban J connectivity index is 2.22. The van der Waals surface area contributed by atoms with Gasteiger partial charge in [-0.15, -0.1) is 0 Å². The predicted octanol–water partition coefficient (Wildman–Crippen LogP) is 4.59. The van der Waals surface area contributed by atoms with Gasteiger partial charge in [0.25, 0.3) is 0 Å². The van der Waals surface area contributed by atoms with Crippen LogP contribution in [0, 0.1) is 0 Å². The Morgan fingerprint density at radius 1 is 1.10 bits per heavy atom. The van der Waals surface area contributed by atoms with E-state index in [0.29, 0.717) is 0 Å². The second kappa shape index (κ2) is 6.18. The third-order valence-electron chi connectivity index (χ3n) is 2.95. The van der Waals surface area contributed by atoms with Crippen LogP contribution in [0.25, 0.3) is 0 Å². The van der Waals surface area contributed by atoms with Crippen molar-refractivity contribution in [2.75, 3.05) is 17.7 Å². The van der Waals surface area contributed by atoms with Crippen molar-refractivity contribution in [2.24, 2.45) is 0 Å². The van der Waals surface area contributed by atoms with E-state index in [0.717, 1.165) is 27.3 Å². The highest BCUT2D eigenvalue weighted by Crippen LogP contribution is 2.31. The van der Waals surface area contributed by atoms with Crippen LogP contribution in [-0.4, -0.2) is 13.2 Å². The number of ether oxygens (including phenoxy) is 1. The summed E-state index contributed by atoms with van der Waals surface area (Å²) in [6.45, 7) is 4.03. The van der Waals surface area contributed by atoms with E-state index in [1.165, 1.54) is 0 Å². The van der Waals surface area contributed by atoms with Crippen LogP contribution >= 0.6 is 15.9 Å². The maximum Gasteiger partial charge on any atom is 0.119 e. The van der Waals surface area contributed by atoms with Gasteiger partial charge < -0.3 is 15.4 Å². The van der Waals surface area contributed by atoms with Gasteiger partial charge in [-0.25, -0.2) is 0 Å². The largest absolute Gasteiger partial charge is 0.491 e. The minimum absolute atomic E-state index is 0.181. The molecule has 106 valence electrons. The quantitative estimate of drug-likeness (QED) is 0.831. The number of nitrogens with zero attached hydrogens (tertiary/aromatic N) is 1. The lowest BCUT2D eigenvalue weighted by molar-refractivity contribution is 0.242. The molecule has 2 rings (SSSR count). The standard InChI is InChI=1S/C16H19BrN2O/c1-11(2)20-14-7-5-13(6-8-14)19(3)16-9-4-12(17)10-15(16)18/h4-11H,18H2,1-3H3. The van der Waals surface area contributed by atoms with Gasteiger partial charge in [-0.1, -0.05) is 15.9 Å². The molecule has 0 amide bonds. The van der Waals surface area contributed by atoms with Crippen molar-refractivity contribution in [1.29, 1.82) is 0 Å². The number of benzene rings is 2. The fraction of sp³-hybridized carbons (Fsp3) is 0.250. The van der Waals surface area contributed by atoms with Crippen molar-refractivity contribution in [3.8, 4) is 5.75 Å². The molecule has 3 nitrogen and oxygen atoms in total. The van der Waals surface area contributed by atoms with Gasteiger partial charge in [0.1, 0.15) is 5.75 Å². The van der Waals surface area contributed by atoms with Crippen molar-refractivity contribution < 1.29 is 4.74 Å². The van der Waals surface area contributed by atoms with Gasteiger partial charge in [0.05, 0.1) is 17.5 Å². The van der Waals surface area contributed by atoms with Crippen LogP contribution in [0.4, 0.5) is 17.1 Å². The first-order valence-corrected chi connectivity index (χ1v) is 7.32. The summed E-state index contributed by atoms with van der Waals surface area (Å²) in [5.74, 6) is 0.876. The Morgan fingerprint density at radius 3 is 2.30 bits per heavy atom. The molecule has 0 aliphatic heterocycles. The second-order valence-corrected chi connectivity index (χ2v) is 5.84.